The number of hydrogen-bond donors (Lipinski definition) is 1. The Kier molecular flexibility index (Phi) is 8.15. The highest BCUT2D eigenvalue weighted by Gasteiger charge is 2.36. The first-order chi connectivity index (χ1) is 19.8. The van der Waals surface area contributed by atoms with Crippen LogP contribution in [0.5, 0.6) is 11.5 Å². The number of aliphatic carboxylic acids is 1. The summed E-state index contributed by atoms with van der Waals surface area (Å²) in [5.41, 5.74) is 3.15. The van der Waals surface area contributed by atoms with Crippen LogP contribution in [0, 0.1) is 12.7 Å². The molecule has 0 fully saturated rings. The summed E-state index contributed by atoms with van der Waals surface area (Å²) in [7, 11) is 0. The second-order valence-corrected chi connectivity index (χ2v) is 9.94. The van der Waals surface area contributed by atoms with Crippen LogP contribution < -0.4 is 9.47 Å². The van der Waals surface area contributed by atoms with Crippen molar-refractivity contribution in [2.75, 3.05) is 6.61 Å². The molecule has 0 saturated heterocycles. The first-order valence-corrected chi connectivity index (χ1v) is 13.3. The summed E-state index contributed by atoms with van der Waals surface area (Å²) in [6.07, 6.45) is 0.679. The topological polar surface area (TPSA) is 81.8 Å². The van der Waals surface area contributed by atoms with E-state index in [1.807, 2.05) is 55.5 Å². The van der Waals surface area contributed by atoms with Crippen molar-refractivity contribution >= 4 is 5.97 Å². The number of halogens is 1. The molecule has 5 rings (SSSR count). The van der Waals surface area contributed by atoms with Crippen LogP contribution in [0.25, 0.3) is 22.6 Å². The Morgan fingerprint density at radius 2 is 1.51 bits per heavy atom. The number of carboxylic acid groups (broad SMARTS) is 1. The summed E-state index contributed by atoms with van der Waals surface area (Å²) in [5, 5.41) is 9.82. The van der Waals surface area contributed by atoms with Crippen molar-refractivity contribution < 1.29 is 28.2 Å². The lowest BCUT2D eigenvalue weighted by Crippen LogP contribution is -2.43. The van der Waals surface area contributed by atoms with E-state index in [-0.39, 0.29) is 12.2 Å². The molecule has 1 atom stereocenters. The molecule has 7 heteroatoms. The average molecular weight is 552 g/mol. The molecule has 41 heavy (non-hydrogen) atoms. The van der Waals surface area contributed by atoms with Gasteiger partial charge in [0.1, 0.15) is 23.1 Å². The lowest BCUT2D eigenvalue weighted by molar-refractivity contribution is -0.153. The van der Waals surface area contributed by atoms with Crippen LogP contribution in [-0.4, -0.2) is 28.3 Å². The van der Waals surface area contributed by atoms with Gasteiger partial charge < -0.3 is 19.0 Å². The molecular formula is C34H30FNO5. The molecule has 208 valence electrons. The van der Waals surface area contributed by atoms with Gasteiger partial charge in [0.2, 0.25) is 11.5 Å². The van der Waals surface area contributed by atoms with Crippen molar-refractivity contribution in [3.05, 3.63) is 126 Å². The summed E-state index contributed by atoms with van der Waals surface area (Å²) in [6.45, 7) is 3.79. The maximum atomic E-state index is 13.2. The Labute approximate surface area is 238 Å². The number of hydrogen-bond acceptors (Lipinski definition) is 5. The third-order valence-electron chi connectivity index (χ3n) is 6.82. The number of oxazole rings is 1. The van der Waals surface area contributed by atoms with E-state index >= 15 is 0 Å². The fourth-order valence-electron chi connectivity index (χ4n) is 4.59. The zero-order chi connectivity index (χ0) is 28.8. The Morgan fingerprint density at radius 3 is 2.20 bits per heavy atom. The Morgan fingerprint density at radius 1 is 0.878 bits per heavy atom. The summed E-state index contributed by atoms with van der Waals surface area (Å²) in [6, 6.07) is 30.7. The van der Waals surface area contributed by atoms with E-state index in [1.165, 1.54) is 31.2 Å². The predicted molar refractivity (Wildman–Crippen MR) is 155 cm³/mol. The maximum absolute atomic E-state index is 13.2. The minimum Gasteiger partial charge on any atom is -0.493 e. The van der Waals surface area contributed by atoms with E-state index in [0.29, 0.717) is 24.7 Å². The molecule has 1 aromatic heterocycles. The molecule has 0 amide bonds. The second kappa shape index (κ2) is 12.1. The number of aromatic nitrogens is 1. The zero-order valence-electron chi connectivity index (χ0n) is 22.8. The van der Waals surface area contributed by atoms with Gasteiger partial charge in [0.15, 0.2) is 0 Å². The minimum absolute atomic E-state index is 0.116. The Hall–Kier alpha value is -4.91. The third-order valence-corrected chi connectivity index (χ3v) is 6.82. The number of ether oxygens (including phenoxy) is 2. The van der Waals surface area contributed by atoms with Crippen LogP contribution in [-0.2, 0) is 17.6 Å². The lowest BCUT2D eigenvalue weighted by Gasteiger charge is -2.26. The van der Waals surface area contributed by atoms with Crippen molar-refractivity contribution in [1.82, 2.24) is 4.98 Å². The quantitative estimate of drug-likeness (QED) is 0.183. The molecule has 1 heterocycles. The molecular weight excluding hydrogens is 521 g/mol. The number of rotatable bonds is 11. The Bertz CT molecular complexity index is 1610. The van der Waals surface area contributed by atoms with Gasteiger partial charge in [-0.1, -0.05) is 60.7 Å². The maximum Gasteiger partial charge on any atom is 0.348 e. The summed E-state index contributed by atoms with van der Waals surface area (Å²) < 4.78 is 30.9. The van der Waals surface area contributed by atoms with E-state index in [0.717, 1.165) is 33.7 Å². The number of aryl methyl sites for hydroxylation is 1. The zero-order valence-corrected chi connectivity index (χ0v) is 22.8. The van der Waals surface area contributed by atoms with E-state index in [2.05, 4.69) is 18.2 Å². The highest BCUT2D eigenvalue weighted by atomic mass is 19.1. The average Bonchev–Trinajstić information content (AvgIpc) is 3.35. The predicted octanol–water partition coefficient (Wildman–Crippen LogP) is 7.54. The number of benzene rings is 4. The molecule has 0 aliphatic carbocycles. The smallest absolute Gasteiger partial charge is 0.348 e. The van der Waals surface area contributed by atoms with Crippen LogP contribution in [0.15, 0.2) is 108 Å². The van der Waals surface area contributed by atoms with Gasteiger partial charge in [0.25, 0.3) is 0 Å². The highest BCUT2D eigenvalue weighted by molar-refractivity contribution is 5.80. The summed E-state index contributed by atoms with van der Waals surface area (Å²) in [5.74, 6) is 0.724. The highest BCUT2D eigenvalue weighted by Crippen LogP contribution is 2.32. The fraction of sp³-hybridized carbons (Fsp3) is 0.176. The van der Waals surface area contributed by atoms with Crippen molar-refractivity contribution in [2.45, 2.75) is 32.3 Å². The molecule has 0 saturated carbocycles. The molecule has 4 aromatic carbocycles. The van der Waals surface area contributed by atoms with Crippen molar-refractivity contribution in [3.8, 4) is 34.1 Å². The standard InChI is InChI=1S/C34H30FNO5/c1-23-31(36-32(40-23)30-11-7-6-10-29(30)25-8-4-3-5-9-25)20-21-39-27-16-12-24(13-17-27)22-34(2,33(37)38)41-28-18-14-26(35)15-19-28/h3-19H,20-22H2,1-2H3,(H,37,38). The van der Waals surface area contributed by atoms with E-state index in [1.54, 1.807) is 12.1 Å². The van der Waals surface area contributed by atoms with Gasteiger partial charge in [0.05, 0.1) is 12.3 Å². The summed E-state index contributed by atoms with van der Waals surface area (Å²) in [4.78, 5) is 16.8. The number of carboxylic acids is 1. The Balaban J connectivity index is 1.21. The minimum atomic E-state index is -1.53. The van der Waals surface area contributed by atoms with Crippen molar-refractivity contribution in [1.29, 1.82) is 0 Å². The van der Waals surface area contributed by atoms with Gasteiger partial charge in [-0.15, -0.1) is 0 Å². The van der Waals surface area contributed by atoms with Crippen LogP contribution in [0.3, 0.4) is 0 Å². The van der Waals surface area contributed by atoms with Gasteiger partial charge in [-0.2, -0.15) is 0 Å². The SMILES string of the molecule is Cc1oc(-c2ccccc2-c2ccccc2)nc1CCOc1ccc(CC(C)(Oc2ccc(F)cc2)C(=O)O)cc1. The second-order valence-electron chi connectivity index (χ2n) is 9.94. The monoisotopic (exact) mass is 551 g/mol. The van der Waals surface area contributed by atoms with Crippen LogP contribution in [0.4, 0.5) is 4.39 Å². The van der Waals surface area contributed by atoms with E-state index in [9.17, 15) is 14.3 Å². The molecule has 0 aliphatic rings. The van der Waals surface area contributed by atoms with Gasteiger partial charge in [0, 0.05) is 18.4 Å². The normalized spacial score (nSPS) is 12.5. The van der Waals surface area contributed by atoms with Crippen LogP contribution in [0.2, 0.25) is 0 Å². The van der Waals surface area contributed by atoms with Crippen molar-refractivity contribution in [3.63, 3.8) is 0 Å². The number of nitrogens with zero attached hydrogens (tertiary/aromatic N) is 1. The van der Waals surface area contributed by atoms with Gasteiger partial charge in [-0.3, -0.25) is 0 Å². The van der Waals surface area contributed by atoms with Gasteiger partial charge >= 0.3 is 5.97 Å². The molecule has 1 N–H and O–H groups in total. The molecule has 0 aliphatic heterocycles. The van der Waals surface area contributed by atoms with Gasteiger partial charge in [-0.25, -0.2) is 14.2 Å². The van der Waals surface area contributed by atoms with E-state index < -0.39 is 17.4 Å². The molecule has 0 radical (unpaired) electrons. The molecule has 5 aromatic rings. The summed E-state index contributed by atoms with van der Waals surface area (Å²) >= 11 is 0. The third kappa shape index (κ3) is 6.64. The van der Waals surface area contributed by atoms with Gasteiger partial charge in [-0.05, 0) is 73.0 Å². The first-order valence-electron chi connectivity index (χ1n) is 13.3. The molecule has 0 bridgehead atoms. The number of carbonyl (C=O) groups is 1. The molecule has 1 unspecified atom stereocenters. The lowest BCUT2D eigenvalue weighted by atomic mass is 9.96. The van der Waals surface area contributed by atoms with Crippen molar-refractivity contribution in [2.24, 2.45) is 0 Å². The van der Waals surface area contributed by atoms with E-state index in [4.69, 9.17) is 18.9 Å². The molecule has 6 nitrogen and oxygen atoms in total. The van der Waals surface area contributed by atoms with Crippen LogP contribution >= 0.6 is 0 Å². The fourth-order valence-corrected chi connectivity index (χ4v) is 4.59. The van der Waals surface area contributed by atoms with Crippen LogP contribution in [0.1, 0.15) is 23.9 Å². The molecule has 0 spiro atoms. The first kappa shape index (κ1) is 27.6. The largest absolute Gasteiger partial charge is 0.493 e.